The Bertz CT molecular complexity index is 1470. The van der Waals surface area contributed by atoms with E-state index in [4.69, 9.17) is 34.8 Å². The Balaban J connectivity index is 1.40. The summed E-state index contributed by atoms with van der Waals surface area (Å²) in [5, 5.41) is 5.73. The van der Waals surface area contributed by atoms with Gasteiger partial charge in [-0.3, -0.25) is 9.47 Å². The second kappa shape index (κ2) is 11.0. The third kappa shape index (κ3) is 5.48. The zero-order chi connectivity index (χ0) is 25.2. The van der Waals surface area contributed by atoms with Crippen LogP contribution in [-0.4, -0.2) is 33.6 Å². The molecular weight excluding hydrogens is 583 g/mol. The number of carbonyl (C=O) groups is 1. The summed E-state index contributed by atoms with van der Waals surface area (Å²) in [6, 6.07) is 15.0. The molecular formula is C27H22BrCl3N4O. The molecule has 5 rings (SSSR count). The van der Waals surface area contributed by atoms with Gasteiger partial charge in [0.2, 0.25) is 0 Å². The van der Waals surface area contributed by atoms with Crippen LogP contribution < -0.4 is 5.32 Å². The van der Waals surface area contributed by atoms with Crippen LogP contribution in [0.15, 0.2) is 65.3 Å². The molecule has 9 heteroatoms. The van der Waals surface area contributed by atoms with Crippen LogP contribution >= 0.6 is 50.7 Å². The summed E-state index contributed by atoms with van der Waals surface area (Å²) in [5.41, 5.74) is 4.96. The number of amides is 1. The lowest BCUT2D eigenvalue weighted by molar-refractivity contribution is 0.240. The van der Waals surface area contributed by atoms with Gasteiger partial charge in [-0.25, -0.2) is 9.78 Å². The summed E-state index contributed by atoms with van der Waals surface area (Å²) in [6.45, 7) is 2.74. The van der Waals surface area contributed by atoms with E-state index in [1.165, 1.54) is 0 Å². The second-order valence-electron chi connectivity index (χ2n) is 8.63. The van der Waals surface area contributed by atoms with Gasteiger partial charge in [-0.1, -0.05) is 59.1 Å². The quantitative estimate of drug-likeness (QED) is 0.239. The Morgan fingerprint density at radius 1 is 1.11 bits per heavy atom. The lowest BCUT2D eigenvalue weighted by atomic mass is 10.0. The highest BCUT2D eigenvalue weighted by molar-refractivity contribution is 9.10. The van der Waals surface area contributed by atoms with Crippen molar-refractivity contribution in [1.82, 2.24) is 19.8 Å². The molecule has 5 nitrogen and oxygen atoms in total. The average Bonchev–Trinajstić information content (AvgIpc) is 3.16. The molecule has 0 unspecified atom stereocenters. The molecule has 3 heterocycles. The fourth-order valence-corrected chi connectivity index (χ4v) is 5.34. The zero-order valence-electron chi connectivity index (χ0n) is 19.1. The number of aromatic nitrogens is 2. The number of nitrogens with zero attached hydrogens (tertiary/aromatic N) is 3. The summed E-state index contributed by atoms with van der Waals surface area (Å²) in [6.07, 6.45) is 6.64. The van der Waals surface area contributed by atoms with Gasteiger partial charge in [0.25, 0.3) is 0 Å². The van der Waals surface area contributed by atoms with Crippen LogP contribution in [0.2, 0.25) is 15.2 Å². The maximum absolute atomic E-state index is 13.4. The number of fused-ring (bicyclic) bond motifs is 3. The molecule has 0 saturated heterocycles. The van der Waals surface area contributed by atoms with Crippen molar-refractivity contribution >= 4 is 73.7 Å². The van der Waals surface area contributed by atoms with Crippen molar-refractivity contribution in [2.75, 3.05) is 13.1 Å². The van der Waals surface area contributed by atoms with E-state index in [1.807, 2.05) is 42.5 Å². The minimum absolute atomic E-state index is 0.191. The van der Waals surface area contributed by atoms with Gasteiger partial charge in [-0.05, 0) is 69.0 Å². The van der Waals surface area contributed by atoms with E-state index in [9.17, 15) is 4.79 Å². The summed E-state index contributed by atoms with van der Waals surface area (Å²) in [4.78, 5) is 19.8. The first kappa shape index (κ1) is 25.3. The third-order valence-electron chi connectivity index (χ3n) is 6.25. The minimum atomic E-state index is -0.191. The van der Waals surface area contributed by atoms with Gasteiger partial charge in [0.15, 0.2) is 0 Å². The summed E-state index contributed by atoms with van der Waals surface area (Å²) in [7, 11) is 0. The smallest absolute Gasteiger partial charge is 0.326 e. The molecule has 0 fully saturated rings. The van der Waals surface area contributed by atoms with Crippen molar-refractivity contribution in [2.45, 2.75) is 19.5 Å². The number of pyridine rings is 1. The zero-order valence-corrected chi connectivity index (χ0v) is 23.0. The molecule has 0 atom stereocenters. The summed E-state index contributed by atoms with van der Waals surface area (Å²) in [5.74, 6) is 0. The van der Waals surface area contributed by atoms with E-state index in [0.717, 1.165) is 68.8 Å². The SMILES string of the molecule is O=C(NCc1ccnc(Cl)c1)n1c2c(c3cc(Br)c(Cl)cc31)CN(C/C=C/c1ccc(Cl)cc1)CC2. The van der Waals surface area contributed by atoms with E-state index in [-0.39, 0.29) is 6.03 Å². The van der Waals surface area contributed by atoms with Crippen LogP contribution in [0.4, 0.5) is 4.79 Å². The molecule has 0 radical (unpaired) electrons. The van der Waals surface area contributed by atoms with Gasteiger partial charge in [0, 0.05) is 59.4 Å². The van der Waals surface area contributed by atoms with Gasteiger partial charge in [-0.2, -0.15) is 0 Å². The molecule has 1 aliphatic rings. The van der Waals surface area contributed by atoms with E-state index in [0.29, 0.717) is 16.7 Å². The van der Waals surface area contributed by atoms with Gasteiger partial charge in [0.1, 0.15) is 5.15 Å². The summed E-state index contributed by atoms with van der Waals surface area (Å²) < 4.78 is 2.58. The largest absolute Gasteiger partial charge is 0.333 e. The number of hydrogen-bond acceptors (Lipinski definition) is 3. The number of nitrogens with one attached hydrogen (secondary N) is 1. The molecule has 1 amide bonds. The average molecular weight is 605 g/mol. The topological polar surface area (TPSA) is 50.2 Å². The predicted octanol–water partition coefficient (Wildman–Crippen LogP) is 7.59. The standard InChI is InChI=1S/C27H22BrCl3N4O/c28-22-13-20-21-16-34(10-1-2-17-3-5-19(29)6-4-17)11-8-24(21)35(25(20)14-23(22)30)27(36)33-15-18-7-9-32-26(31)12-18/h1-7,9,12-14H,8,10-11,15-16H2,(H,33,36)/b2-1+. The Morgan fingerprint density at radius 2 is 1.92 bits per heavy atom. The number of rotatable bonds is 5. The van der Waals surface area contributed by atoms with Crippen LogP contribution in [0.25, 0.3) is 17.0 Å². The lowest BCUT2D eigenvalue weighted by Gasteiger charge is -2.27. The number of halogens is 4. The fourth-order valence-electron chi connectivity index (χ4n) is 4.51. The monoisotopic (exact) mass is 602 g/mol. The maximum Gasteiger partial charge on any atom is 0.326 e. The van der Waals surface area contributed by atoms with Gasteiger partial charge < -0.3 is 5.32 Å². The first-order valence-electron chi connectivity index (χ1n) is 11.4. The Kier molecular flexibility index (Phi) is 7.70. The highest BCUT2D eigenvalue weighted by Gasteiger charge is 2.27. The highest BCUT2D eigenvalue weighted by Crippen LogP contribution is 2.36. The van der Waals surface area contributed by atoms with Crippen molar-refractivity contribution in [1.29, 1.82) is 0 Å². The maximum atomic E-state index is 13.4. The molecule has 0 saturated carbocycles. The number of carbonyl (C=O) groups excluding carboxylic acids is 1. The molecule has 184 valence electrons. The molecule has 2 aromatic heterocycles. The highest BCUT2D eigenvalue weighted by atomic mass is 79.9. The molecule has 4 aromatic rings. The summed E-state index contributed by atoms with van der Waals surface area (Å²) >= 11 is 22.0. The Labute approximate surface area is 232 Å². The molecule has 1 aliphatic heterocycles. The molecule has 0 aliphatic carbocycles. The van der Waals surface area contributed by atoms with E-state index in [2.05, 4.69) is 43.3 Å². The van der Waals surface area contributed by atoms with Crippen molar-refractivity contribution in [3.63, 3.8) is 0 Å². The van der Waals surface area contributed by atoms with Crippen LogP contribution in [-0.2, 0) is 19.5 Å². The third-order valence-corrected chi connectivity index (χ3v) is 7.91. The van der Waals surface area contributed by atoms with Crippen LogP contribution in [0.1, 0.15) is 22.4 Å². The predicted molar refractivity (Wildman–Crippen MR) is 151 cm³/mol. The van der Waals surface area contributed by atoms with Crippen molar-refractivity contribution < 1.29 is 4.79 Å². The minimum Gasteiger partial charge on any atom is -0.333 e. The van der Waals surface area contributed by atoms with Gasteiger partial charge >= 0.3 is 6.03 Å². The molecule has 1 N–H and O–H groups in total. The van der Waals surface area contributed by atoms with Gasteiger partial charge in [-0.15, -0.1) is 0 Å². The van der Waals surface area contributed by atoms with E-state index in [1.54, 1.807) is 16.8 Å². The lowest BCUT2D eigenvalue weighted by Crippen LogP contribution is -2.34. The molecule has 36 heavy (non-hydrogen) atoms. The van der Waals surface area contributed by atoms with Crippen molar-refractivity contribution in [2.24, 2.45) is 0 Å². The Hall–Kier alpha value is -2.35. The fraction of sp³-hybridized carbons (Fsp3) is 0.185. The van der Waals surface area contributed by atoms with Crippen molar-refractivity contribution in [3.05, 3.63) is 103 Å². The van der Waals surface area contributed by atoms with Crippen LogP contribution in [0.5, 0.6) is 0 Å². The Morgan fingerprint density at radius 3 is 2.69 bits per heavy atom. The molecule has 0 bridgehead atoms. The first-order chi connectivity index (χ1) is 17.4. The van der Waals surface area contributed by atoms with Gasteiger partial charge in [0.05, 0.1) is 10.5 Å². The molecule has 0 spiro atoms. The number of benzene rings is 2. The van der Waals surface area contributed by atoms with Crippen molar-refractivity contribution in [3.8, 4) is 0 Å². The normalized spacial score (nSPS) is 13.9. The second-order valence-corrected chi connectivity index (χ2v) is 10.7. The van der Waals surface area contributed by atoms with Crippen LogP contribution in [0, 0.1) is 0 Å². The van der Waals surface area contributed by atoms with E-state index < -0.39 is 0 Å². The number of hydrogen-bond donors (Lipinski definition) is 1. The van der Waals surface area contributed by atoms with Crippen LogP contribution in [0.3, 0.4) is 0 Å². The van der Waals surface area contributed by atoms with E-state index >= 15 is 0 Å². The molecule has 2 aromatic carbocycles. The first-order valence-corrected chi connectivity index (χ1v) is 13.4.